The van der Waals surface area contributed by atoms with Gasteiger partial charge in [-0.25, -0.2) is 4.79 Å². The van der Waals surface area contributed by atoms with Gasteiger partial charge in [0.15, 0.2) is 0 Å². The fourth-order valence-electron chi connectivity index (χ4n) is 5.42. The second-order valence-electron chi connectivity index (χ2n) is 9.55. The van der Waals surface area contributed by atoms with Crippen LogP contribution >= 0.6 is 0 Å². The third kappa shape index (κ3) is 5.41. The van der Waals surface area contributed by atoms with Gasteiger partial charge in [0.05, 0.1) is 6.54 Å². The van der Waals surface area contributed by atoms with E-state index < -0.39 is 0 Å². The summed E-state index contributed by atoms with van der Waals surface area (Å²) in [5.74, 6) is 0.654. The lowest BCUT2D eigenvalue weighted by Gasteiger charge is -2.32. The summed E-state index contributed by atoms with van der Waals surface area (Å²) in [7, 11) is 4.08. The number of fused-ring (bicyclic) bond motifs is 1. The second kappa shape index (κ2) is 9.32. The summed E-state index contributed by atoms with van der Waals surface area (Å²) < 4.78 is 0. The summed E-state index contributed by atoms with van der Waals surface area (Å²) in [6.07, 6.45) is 6.32. The number of nitrogens with zero attached hydrogens (tertiary/aromatic N) is 3. The Morgan fingerprint density at radius 3 is 2.31 bits per heavy atom. The zero-order chi connectivity index (χ0) is 21.0. The van der Waals surface area contributed by atoms with Crippen molar-refractivity contribution in [3.8, 4) is 0 Å². The quantitative estimate of drug-likeness (QED) is 0.680. The van der Waals surface area contributed by atoms with Gasteiger partial charge in [0.1, 0.15) is 0 Å². The smallest absolute Gasteiger partial charge is 0.317 e. The third-order valence-electron chi connectivity index (χ3n) is 6.79. The van der Waals surface area contributed by atoms with Crippen LogP contribution in [-0.2, 0) is 9.59 Å². The number of likely N-dealkylation sites (tertiary alicyclic amines) is 2. The molecule has 0 aromatic heterocycles. The molecule has 2 N–H and O–H groups in total. The van der Waals surface area contributed by atoms with Gasteiger partial charge in [0, 0.05) is 57.5 Å². The Morgan fingerprint density at radius 2 is 1.66 bits per heavy atom. The fourth-order valence-corrected chi connectivity index (χ4v) is 5.42. The van der Waals surface area contributed by atoms with Crippen molar-refractivity contribution in [1.29, 1.82) is 0 Å². The van der Waals surface area contributed by atoms with E-state index in [0.717, 1.165) is 13.1 Å². The number of carbonyl (C=O) groups is 3. The Hall–Kier alpha value is -1.83. The first kappa shape index (κ1) is 21.9. The molecule has 2 atom stereocenters. The van der Waals surface area contributed by atoms with E-state index in [1.54, 1.807) is 0 Å². The molecule has 4 amide bonds. The molecule has 3 rings (SSSR count). The molecule has 0 spiro atoms. The lowest BCUT2D eigenvalue weighted by Crippen LogP contribution is -2.47. The van der Waals surface area contributed by atoms with Crippen LogP contribution in [0.5, 0.6) is 0 Å². The number of urea groups is 1. The number of amides is 4. The molecule has 29 heavy (non-hydrogen) atoms. The lowest BCUT2D eigenvalue weighted by atomic mass is 9.80. The molecule has 8 heteroatoms. The van der Waals surface area contributed by atoms with Gasteiger partial charge in [-0.05, 0) is 32.9 Å². The normalized spacial score (nSPS) is 27.2. The summed E-state index contributed by atoms with van der Waals surface area (Å²) in [5, 5.41) is 5.77. The van der Waals surface area contributed by atoms with Crippen LogP contribution in [-0.4, -0.2) is 92.5 Å². The molecule has 2 saturated heterocycles. The predicted octanol–water partition coefficient (Wildman–Crippen LogP) is 0.734. The molecular formula is C21H37N5O3. The Morgan fingerprint density at radius 1 is 1.00 bits per heavy atom. The van der Waals surface area contributed by atoms with Crippen molar-refractivity contribution in [2.45, 2.75) is 39.0 Å². The van der Waals surface area contributed by atoms with E-state index >= 15 is 0 Å². The van der Waals surface area contributed by atoms with Crippen molar-refractivity contribution >= 4 is 17.8 Å². The van der Waals surface area contributed by atoms with Gasteiger partial charge in [-0.1, -0.05) is 19.3 Å². The minimum absolute atomic E-state index is 0.0407. The van der Waals surface area contributed by atoms with Crippen molar-refractivity contribution in [2.24, 2.45) is 17.3 Å². The van der Waals surface area contributed by atoms with Crippen LogP contribution in [0.3, 0.4) is 0 Å². The van der Waals surface area contributed by atoms with Crippen LogP contribution < -0.4 is 10.6 Å². The summed E-state index contributed by atoms with van der Waals surface area (Å²) in [5.41, 5.74) is -0.0996. The van der Waals surface area contributed by atoms with E-state index in [9.17, 15) is 14.4 Å². The van der Waals surface area contributed by atoms with Crippen molar-refractivity contribution in [3.05, 3.63) is 0 Å². The molecule has 3 aliphatic rings. The van der Waals surface area contributed by atoms with E-state index in [2.05, 4.69) is 15.5 Å². The first-order valence-corrected chi connectivity index (χ1v) is 11.0. The van der Waals surface area contributed by atoms with Crippen LogP contribution in [0.25, 0.3) is 0 Å². The Bertz CT molecular complexity index is 619. The van der Waals surface area contributed by atoms with E-state index in [0.29, 0.717) is 32.1 Å². The highest BCUT2D eigenvalue weighted by Gasteiger charge is 2.54. The molecule has 2 heterocycles. The van der Waals surface area contributed by atoms with E-state index in [1.807, 2.05) is 23.9 Å². The topological polar surface area (TPSA) is 85.0 Å². The maximum absolute atomic E-state index is 12.8. The average Bonchev–Trinajstić information content (AvgIpc) is 3.18. The molecular weight excluding hydrogens is 370 g/mol. The molecule has 8 nitrogen and oxygen atoms in total. The van der Waals surface area contributed by atoms with Crippen LogP contribution in [0.4, 0.5) is 4.79 Å². The number of nitrogens with one attached hydrogen (secondary N) is 2. The minimum Gasteiger partial charge on any atom is -0.347 e. The second-order valence-corrected chi connectivity index (χ2v) is 9.55. The summed E-state index contributed by atoms with van der Waals surface area (Å²) in [6, 6.07) is 0.0410. The standard InChI is InChI=1S/C21H37N5O3/c1-16(27)22-10-19(28)25-11-18-12-26(15-21(18,14-25)13-24(2)3)20(29)23-9-17-7-5-4-6-8-17/h17-18H,4-15H2,1-3H3,(H,22,27)(H,23,29). The van der Waals surface area contributed by atoms with Gasteiger partial charge in [-0.2, -0.15) is 0 Å². The molecule has 3 fully saturated rings. The first-order valence-electron chi connectivity index (χ1n) is 11.0. The van der Waals surface area contributed by atoms with E-state index in [-0.39, 0.29) is 35.7 Å². The van der Waals surface area contributed by atoms with Crippen molar-refractivity contribution in [3.63, 3.8) is 0 Å². The summed E-state index contributed by atoms with van der Waals surface area (Å²) in [6.45, 7) is 5.74. The third-order valence-corrected chi connectivity index (χ3v) is 6.79. The molecule has 0 aromatic carbocycles. The van der Waals surface area contributed by atoms with Crippen molar-refractivity contribution < 1.29 is 14.4 Å². The van der Waals surface area contributed by atoms with Gasteiger partial charge in [-0.3, -0.25) is 9.59 Å². The molecule has 0 aromatic rings. The highest BCUT2D eigenvalue weighted by atomic mass is 16.2. The van der Waals surface area contributed by atoms with E-state index in [1.165, 1.54) is 39.0 Å². The molecule has 0 bridgehead atoms. The van der Waals surface area contributed by atoms with Gasteiger partial charge in [0.2, 0.25) is 11.8 Å². The molecule has 2 aliphatic heterocycles. The number of hydrogen-bond acceptors (Lipinski definition) is 4. The molecule has 1 saturated carbocycles. The monoisotopic (exact) mass is 407 g/mol. The zero-order valence-electron chi connectivity index (χ0n) is 18.2. The maximum atomic E-state index is 12.8. The van der Waals surface area contributed by atoms with Crippen LogP contribution in [0, 0.1) is 17.3 Å². The molecule has 1 aliphatic carbocycles. The fraction of sp³-hybridized carbons (Fsp3) is 0.857. The predicted molar refractivity (Wildman–Crippen MR) is 111 cm³/mol. The van der Waals surface area contributed by atoms with Crippen molar-refractivity contribution in [2.75, 3.05) is 59.9 Å². The van der Waals surface area contributed by atoms with Crippen LogP contribution in [0.15, 0.2) is 0 Å². The van der Waals surface area contributed by atoms with Crippen LogP contribution in [0.2, 0.25) is 0 Å². The zero-order valence-corrected chi connectivity index (χ0v) is 18.2. The van der Waals surface area contributed by atoms with Gasteiger partial charge in [0.25, 0.3) is 0 Å². The average molecular weight is 408 g/mol. The van der Waals surface area contributed by atoms with E-state index in [4.69, 9.17) is 0 Å². The number of carbonyl (C=O) groups excluding carboxylic acids is 3. The Labute approximate surface area is 174 Å². The van der Waals surface area contributed by atoms with Gasteiger partial charge in [-0.15, -0.1) is 0 Å². The number of rotatable bonds is 6. The number of hydrogen-bond donors (Lipinski definition) is 2. The summed E-state index contributed by atoms with van der Waals surface area (Å²) >= 11 is 0. The molecule has 2 unspecified atom stereocenters. The van der Waals surface area contributed by atoms with Gasteiger partial charge >= 0.3 is 6.03 Å². The van der Waals surface area contributed by atoms with Crippen molar-refractivity contribution in [1.82, 2.24) is 25.3 Å². The lowest BCUT2D eigenvalue weighted by molar-refractivity contribution is -0.132. The molecule has 0 radical (unpaired) electrons. The largest absolute Gasteiger partial charge is 0.347 e. The maximum Gasteiger partial charge on any atom is 0.317 e. The highest BCUT2D eigenvalue weighted by molar-refractivity contribution is 5.84. The minimum atomic E-state index is -0.193. The Balaban J connectivity index is 1.57. The van der Waals surface area contributed by atoms with Crippen LogP contribution in [0.1, 0.15) is 39.0 Å². The first-order chi connectivity index (χ1) is 13.8. The Kier molecular flexibility index (Phi) is 7.03. The SMILES string of the molecule is CC(=O)NCC(=O)N1CC2CN(C(=O)NCC3CCCCC3)CC2(CN(C)C)C1. The summed E-state index contributed by atoms with van der Waals surface area (Å²) in [4.78, 5) is 42.4. The highest BCUT2D eigenvalue weighted by Crippen LogP contribution is 2.43. The van der Waals surface area contributed by atoms with Gasteiger partial charge < -0.3 is 25.3 Å². The molecule has 164 valence electrons.